The Morgan fingerprint density at radius 2 is 2.23 bits per heavy atom. The number of hydrogen-bond acceptors (Lipinski definition) is 2. The zero-order chi connectivity index (χ0) is 8.84. The van der Waals surface area contributed by atoms with E-state index in [0.29, 0.717) is 0 Å². The van der Waals surface area contributed by atoms with Gasteiger partial charge in [-0.1, -0.05) is 0 Å². The molecule has 3 aromatic heterocycles. The summed E-state index contributed by atoms with van der Waals surface area (Å²) in [6.45, 7) is 0. The highest BCUT2D eigenvalue weighted by Gasteiger charge is 2.04. The van der Waals surface area contributed by atoms with E-state index in [1.165, 1.54) is 12.3 Å². The minimum absolute atomic E-state index is 0.236. The Labute approximate surface area is 77.3 Å². The summed E-state index contributed by atoms with van der Waals surface area (Å²) < 4.78 is 14.7. The number of halogens is 1. The Balaban J connectivity index is 2.61. The first-order valence-corrected chi connectivity index (χ1v) is 4.73. The smallest absolute Gasteiger partial charge is 0.139 e. The van der Waals surface area contributed by atoms with Crippen LogP contribution in [0.2, 0.25) is 0 Å². The lowest BCUT2D eigenvalue weighted by Crippen LogP contribution is -1.84. The van der Waals surface area contributed by atoms with Crippen LogP contribution in [0.4, 0.5) is 4.39 Å². The van der Waals surface area contributed by atoms with Crippen LogP contribution < -0.4 is 0 Å². The molecule has 0 radical (unpaired) electrons. The van der Waals surface area contributed by atoms with E-state index in [9.17, 15) is 4.39 Å². The Bertz CT molecular complexity index is 581. The molecule has 0 saturated heterocycles. The molecule has 0 unspecified atom stereocenters. The summed E-state index contributed by atoms with van der Waals surface area (Å²) in [5.74, 6) is -0.236. The summed E-state index contributed by atoms with van der Waals surface area (Å²) in [6.07, 6.45) is 1.46. The van der Waals surface area contributed by atoms with Crippen LogP contribution in [0.5, 0.6) is 0 Å². The van der Waals surface area contributed by atoms with Crippen molar-refractivity contribution in [2.45, 2.75) is 0 Å². The molecular formula is C9H5FN2S. The molecule has 0 fully saturated rings. The molecule has 0 atom stereocenters. The van der Waals surface area contributed by atoms with Crippen molar-refractivity contribution >= 4 is 27.3 Å². The fourth-order valence-corrected chi connectivity index (χ4v) is 2.22. The van der Waals surface area contributed by atoms with E-state index in [4.69, 9.17) is 0 Å². The highest BCUT2D eigenvalue weighted by atomic mass is 32.1. The minimum Gasteiger partial charge on any atom is -0.288 e. The largest absolute Gasteiger partial charge is 0.288 e. The first kappa shape index (κ1) is 7.03. The van der Waals surface area contributed by atoms with Crippen LogP contribution in [-0.2, 0) is 0 Å². The molecule has 0 aliphatic carbocycles. The van der Waals surface area contributed by atoms with Crippen LogP contribution in [0.3, 0.4) is 0 Å². The predicted molar refractivity (Wildman–Crippen MR) is 50.5 cm³/mol. The van der Waals surface area contributed by atoms with Gasteiger partial charge in [0.15, 0.2) is 0 Å². The summed E-state index contributed by atoms with van der Waals surface area (Å²) in [5, 5.41) is 1.95. The van der Waals surface area contributed by atoms with Gasteiger partial charge in [-0.25, -0.2) is 9.37 Å². The minimum atomic E-state index is -0.236. The summed E-state index contributed by atoms with van der Waals surface area (Å²) in [6, 6.07) is 5.04. The van der Waals surface area contributed by atoms with Crippen LogP contribution in [-0.4, -0.2) is 9.38 Å². The van der Waals surface area contributed by atoms with Crippen LogP contribution in [0.1, 0.15) is 0 Å². The number of rotatable bonds is 0. The molecule has 64 valence electrons. The maximum Gasteiger partial charge on any atom is 0.139 e. The van der Waals surface area contributed by atoms with Crippen LogP contribution in [0.25, 0.3) is 16.0 Å². The van der Waals surface area contributed by atoms with Gasteiger partial charge in [-0.15, -0.1) is 11.3 Å². The van der Waals surface area contributed by atoms with Crippen LogP contribution in [0, 0.1) is 5.82 Å². The van der Waals surface area contributed by atoms with Gasteiger partial charge in [0.1, 0.15) is 21.8 Å². The number of pyridine rings is 1. The van der Waals surface area contributed by atoms with Crippen molar-refractivity contribution in [2.75, 3.05) is 0 Å². The Kier molecular flexibility index (Phi) is 1.24. The van der Waals surface area contributed by atoms with Gasteiger partial charge in [-0.05, 0) is 23.6 Å². The zero-order valence-electron chi connectivity index (χ0n) is 6.57. The van der Waals surface area contributed by atoms with Crippen molar-refractivity contribution in [1.82, 2.24) is 9.38 Å². The highest BCUT2D eigenvalue weighted by Crippen LogP contribution is 2.21. The number of hydrogen-bond donors (Lipinski definition) is 0. The van der Waals surface area contributed by atoms with Crippen molar-refractivity contribution in [1.29, 1.82) is 0 Å². The summed E-state index contributed by atoms with van der Waals surface area (Å²) in [7, 11) is 0. The molecule has 2 nitrogen and oxygen atoms in total. The molecule has 0 bridgehead atoms. The summed E-state index contributed by atoms with van der Waals surface area (Å²) >= 11 is 1.57. The molecule has 0 aromatic carbocycles. The number of fused-ring (bicyclic) bond motifs is 3. The first-order chi connectivity index (χ1) is 6.34. The monoisotopic (exact) mass is 192 g/mol. The average molecular weight is 192 g/mol. The third-order valence-electron chi connectivity index (χ3n) is 1.97. The fourth-order valence-electron chi connectivity index (χ4n) is 1.40. The van der Waals surface area contributed by atoms with E-state index in [-0.39, 0.29) is 5.82 Å². The maximum absolute atomic E-state index is 12.9. The van der Waals surface area contributed by atoms with Gasteiger partial charge >= 0.3 is 0 Å². The van der Waals surface area contributed by atoms with E-state index in [1.807, 2.05) is 11.4 Å². The SMILES string of the molecule is Fc1ccc2nc3ccsc3n2c1. The fraction of sp³-hybridized carbons (Fsp3) is 0. The molecule has 3 aromatic rings. The number of imidazole rings is 1. The summed E-state index contributed by atoms with van der Waals surface area (Å²) in [5.41, 5.74) is 1.72. The van der Waals surface area contributed by atoms with Crippen molar-refractivity contribution in [2.24, 2.45) is 0 Å². The molecule has 0 spiro atoms. The second kappa shape index (κ2) is 2.29. The zero-order valence-corrected chi connectivity index (χ0v) is 7.38. The highest BCUT2D eigenvalue weighted by molar-refractivity contribution is 7.16. The molecule has 0 aliphatic rings. The molecule has 3 rings (SSSR count). The van der Waals surface area contributed by atoms with Crippen LogP contribution >= 0.6 is 11.3 Å². The van der Waals surface area contributed by atoms with Gasteiger partial charge in [0.25, 0.3) is 0 Å². The van der Waals surface area contributed by atoms with Crippen LogP contribution in [0.15, 0.2) is 29.8 Å². The molecule has 0 N–H and O–H groups in total. The molecule has 0 aliphatic heterocycles. The lowest BCUT2D eigenvalue weighted by Gasteiger charge is -1.92. The van der Waals surface area contributed by atoms with Gasteiger partial charge in [0.2, 0.25) is 0 Å². The lowest BCUT2D eigenvalue weighted by atomic mass is 10.5. The van der Waals surface area contributed by atoms with Gasteiger partial charge in [-0.2, -0.15) is 0 Å². The van der Waals surface area contributed by atoms with Gasteiger partial charge in [0.05, 0.1) is 0 Å². The Morgan fingerprint density at radius 1 is 1.31 bits per heavy atom. The maximum atomic E-state index is 12.9. The van der Waals surface area contributed by atoms with Gasteiger partial charge < -0.3 is 0 Å². The van der Waals surface area contributed by atoms with E-state index in [1.54, 1.807) is 21.8 Å². The molecule has 0 amide bonds. The topological polar surface area (TPSA) is 17.3 Å². The van der Waals surface area contributed by atoms with Crippen molar-refractivity contribution < 1.29 is 4.39 Å². The Morgan fingerprint density at radius 3 is 3.15 bits per heavy atom. The quantitative estimate of drug-likeness (QED) is 0.535. The lowest BCUT2D eigenvalue weighted by molar-refractivity contribution is 0.620. The standard InChI is InChI=1S/C9H5FN2S/c10-6-1-2-8-11-7-3-4-13-9(7)12(8)5-6/h1-5H. The molecular weight excluding hydrogens is 187 g/mol. The third kappa shape index (κ3) is 0.890. The molecule has 13 heavy (non-hydrogen) atoms. The average Bonchev–Trinajstić information content (AvgIpc) is 2.64. The van der Waals surface area contributed by atoms with Crippen molar-refractivity contribution in [3.05, 3.63) is 35.6 Å². The van der Waals surface area contributed by atoms with E-state index < -0.39 is 0 Å². The normalized spacial score (nSPS) is 11.5. The second-order valence-electron chi connectivity index (χ2n) is 2.80. The summed E-state index contributed by atoms with van der Waals surface area (Å²) in [4.78, 5) is 5.32. The van der Waals surface area contributed by atoms with E-state index in [0.717, 1.165) is 16.0 Å². The predicted octanol–water partition coefficient (Wildman–Crippen LogP) is 2.69. The third-order valence-corrected chi connectivity index (χ3v) is 2.87. The number of thiophene rings is 1. The van der Waals surface area contributed by atoms with E-state index >= 15 is 0 Å². The Hall–Kier alpha value is -1.42. The molecule has 4 heteroatoms. The number of aromatic nitrogens is 2. The molecule has 0 saturated carbocycles. The van der Waals surface area contributed by atoms with Crippen molar-refractivity contribution in [3.8, 4) is 0 Å². The second-order valence-corrected chi connectivity index (χ2v) is 3.69. The van der Waals surface area contributed by atoms with Crippen molar-refractivity contribution in [3.63, 3.8) is 0 Å². The number of nitrogens with zero attached hydrogens (tertiary/aromatic N) is 2. The van der Waals surface area contributed by atoms with Gasteiger partial charge in [0, 0.05) is 6.20 Å². The first-order valence-electron chi connectivity index (χ1n) is 3.85. The van der Waals surface area contributed by atoms with Gasteiger partial charge in [-0.3, -0.25) is 4.40 Å². The molecule has 3 heterocycles. The van der Waals surface area contributed by atoms with E-state index in [2.05, 4.69) is 4.98 Å².